The van der Waals surface area contributed by atoms with Crippen LogP contribution >= 0.6 is 0 Å². The summed E-state index contributed by atoms with van der Waals surface area (Å²) in [4.78, 5) is 47.0. The first-order chi connectivity index (χ1) is 11.6. The third-order valence-electron chi connectivity index (χ3n) is 4.38. The Balaban J connectivity index is 2.20. The third kappa shape index (κ3) is 3.47. The molecule has 4 N–H and O–H groups in total. The van der Waals surface area contributed by atoms with Crippen molar-refractivity contribution in [1.29, 1.82) is 0 Å². The van der Waals surface area contributed by atoms with E-state index in [1.807, 2.05) is 6.92 Å². The molecule has 1 heterocycles. The lowest BCUT2D eigenvalue weighted by Gasteiger charge is -2.26. The summed E-state index contributed by atoms with van der Waals surface area (Å²) in [5, 5.41) is 16.6. The number of rotatable bonds is 6. The van der Waals surface area contributed by atoms with E-state index < -0.39 is 34.9 Å². The molecule has 0 radical (unpaired) electrons. The molecule has 1 aromatic carbocycles. The van der Waals surface area contributed by atoms with Gasteiger partial charge in [0.05, 0.1) is 0 Å². The maximum atomic E-state index is 12.3. The number of hydrogen-bond donors (Lipinski definition) is 4. The van der Waals surface area contributed by atoms with Crippen LogP contribution in [0, 0.1) is 0 Å². The number of carbonyl (C=O) groups excluding carboxylic acids is 3. The van der Waals surface area contributed by atoms with E-state index in [-0.39, 0.29) is 5.56 Å². The molecule has 1 aliphatic heterocycles. The van der Waals surface area contributed by atoms with Gasteiger partial charge in [-0.15, -0.1) is 0 Å². The van der Waals surface area contributed by atoms with Gasteiger partial charge < -0.3 is 15.7 Å². The van der Waals surface area contributed by atoms with Crippen LogP contribution in [0.5, 0.6) is 0 Å². The minimum Gasteiger partial charge on any atom is -0.480 e. The van der Waals surface area contributed by atoms with Crippen LogP contribution < -0.4 is 16.0 Å². The molecular formula is C17H21N3O5. The molecular weight excluding hydrogens is 326 g/mol. The standard InChI is InChI=1S/C17H21N3O5/c1-4-9-16(2,14(23)24)19-12(21)10-5-7-11(8-6-10)17(3)13(22)18-15(25)20-17/h5-8H,4,9H2,1-3H3,(H,19,21)(H,23,24)(H2,18,20,22,25)/t16-,17-/m0/s1. The predicted octanol–water partition coefficient (Wildman–Crippen LogP) is 1.11. The Bertz CT molecular complexity index is 730. The maximum absolute atomic E-state index is 12.3. The minimum atomic E-state index is -1.35. The van der Waals surface area contributed by atoms with E-state index in [1.165, 1.54) is 19.1 Å². The number of nitrogens with one attached hydrogen (secondary N) is 3. The molecule has 0 bridgehead atoms. The van der Waals surface area contributed by atoms with Crippen molar-refractivity contribution in [3.8, 4) is 0 Å². The van der Waals surface area contributed by atoms with Gasteiger partial charge in [0.1, 0.15) is 11.1 Å². The Kier molecular flexibility index (Phi) is 4.82. The molecule has 0 aromatic heterocycles. The van der Waals surface area contributed by atoms with Gasteiger partial charge in [-0.3, -0.25) is 14.9 Å². The van der Waals surface area contributed by atoms with Crippen molar-refractivity contribution in [2.24, 2.45) is 0 Å². The smallest absolute Gasteiger partial charge is 0.329 e. The molecule has 0 aliphatic carbocycles. The van der Waals surface area contributed by atoms with Crippen LogP contribution in [-0.4, -0.2) is 34.5 Å². The summed E-state index contributed by atoms with van der Waals surface area (Å²) >= 11 is 0. The first kappa shape index (κ1) is 18.4. The molecule has 2 atom stereocenters. The highest BCUT2D eigenvalue weighted by atomic mass is 16.4. The molecule has 2 rings (SSSR count). The molecule has 0 saturated carbocycles. The van der Waals surface area contributed by atoms with Crippen LogP contribution in [0.25, 0.3) is 0 Å². The van der Waals surface area contributed by atoms with E-state index in [0.717, 1.165) is 0 Å². The molecule has 4 amide bonds. The fourth-order valence-corrected chi connectivity index (χ4v) is 2.75. The van der Waals surface area contributed by atoms with Gasteiger partial charge in [0, 0.05) is 5.56 Å². The summed E-state index contributed by atoms with van der Waals surface area (Å²) in [6, 6.07) is 5.51. The van der Waals surface area contributed by atoms with Gasteiger partial charge in [-0.2, -0.15) is 0 Å². The zero-order valence-corrected chi connectivity index (χ0v) is 14.3. The number of hydrogen-bond acceptors (Lipinski definition) is 4. The number of carboxylic acid groups (broad SMARTS) is 1. The molecule has 25 heavy (non-hydrogen) atoms. The predicted molar refractivity (Wildman–Crippen MR) is 88.9 cm³/mol. The molecule has 8 heteroatoms. The first-order valence-electron chi connectivity index (χ1n) is 7.92. The van der Waals surface area contributed by atoms with Gasteiger partial charge in [0.25, 0.3) is 11.8 Å². The van der Waals surface area contributed by atoms with Crippen LogP contribution in [-0.2, 0) is 15.1 Å². The van der Waals surface area contributed by atoms with E-state index in [0.29, 0.717) is 18.4 Å². The maximum Gasteiger partial charge on any atom is 0.329 e. The van der Waals surface area contributed by atoms with E-state index in [4.69, 9.17) is 0 Å². The number of urea groups is 1. The Morgan fingerprint density at radius 1 is 1.24 bits per heavy atom. The van der Waals surface area contributed by atoms with Gasteiger partial charge in [-0.25, -0.2) is 9.59 Å². The number of carbonyl (C=O) groups is 4. The highest BCUT2D eigenvalue weighted by Gasteiger charge is 2.43. The normalized spacial score (nSPS) is 21.9. The lowest BCUT2D eigenvalue weighted by Crippen LogP contribution is -2.52. The van der Waals surface area contributed by atoms with Crippen LogP contribution in [0.1, 0.15) is 49.5 Å². The van der Waals surface area contributed by atoms with E-state index in [2.05, 4.69) is 16.0 Å². The molecule has 1 aliphatic rings. The van der Waals surface area contributed by atoms with Crippen LogP contribution in [0.3, 0.4) is 0 Å². The number of carboxylic acids is 1. The minimum absolute atomic E-state index is 0.264. The van der Waals surface area contributed by atoms with E-state index >= 15 is 0 Å². The van der Waals surface area contributed by atoms with Crippen LogP contribution in [0.4, 0.5) is 4.79 Å². The first-order valence-corrected chi connectivity index (χ1v) is 7.92. The van der Waals surface area contributed by atoms with Crippen molar-refractivity contribution < 1.29 is 24.3 Å². The average molecular weight is 347 g/mol. The van der Waals surface area contributed by atoms with Crippen molar-refractivity contribution in [3.63, 3.8) is 0 Å². The van der Waals surface area contributed by atoms with Gasteiger partial charge in [-0.05, 0) is 38.0 Å². The molecule has 1 aromatic rings. The molecule has 1 fully saturated rings. The fraction of sp³-hybridized carbons (Fsp3) is 0.412. The zero-order chi connectivity index (χ0) is 18.8. The molecule has 1 saturated heterocycles. The van der Waals surface area contributed by atoms with Gasteiger partial charge >= 0.3 is 12.0 Å². The van der Waals surface area contributed by atoms with E-state index in [9.17, 15) is 24.3 Å². The lowest BCUT2D eigenvalue weighted by atomic mass is 9.91. The number of amides is 4. The van der Waals surface area contributed by atoms with Crippen molar-refractivity contribution >= 4 is 23.8 Å². The van der Waals surface area contributed by atoms with Crippen LogP contribution in [0.15, 0.2) is 24.3 Å². The summed E-state index contributed by atoms with van der Waals surface area (Å²) in [7, 11) is 0. The second-order valence-electron chi connectivity index (χ2n) is 6.45. The van der Waals surface area contributed by atoms with Crippen molar-refractivity contribution in [1.82, 2.24) is 16.0 Å². The Hall–Kier alpha value is -2.90. The van der Waals surface area contributed by atoms with Crippen molar-refractivity contribution in [2.45, 2.75) is 44.7 Å². The van der Waals surface area contributed by atoms with Gasteiger partial charge in [0.15, 0.2) is 0 Å². The topological polar surface area (TPSA) is 125 Å². The molecule has 8 nitrogen and oxygen atoms in total. The SMILES string of the molecule is CCC[C@](C)(NC(=O)c1ccc([C@]2(C)NC(=O)NC2=O)cc1)C(=O)O. The monoisotopic (exact) mass is 347 g/mol. The zero-order valence-electron chi connectivity index (χ0n) is 14.3. The second kappa shape index (κ2) is 6.54. The Morgan fingerprint density at radius 3 is 2.28 bits per heavy atom. The van der Waals surface area contributed by atoms with E-state index in [1.54, 1.807) is 19.1 Å². The summed E-state index contributed by atoms with van der Waals surface area (Å²) < 4.78 is 0. The number of imide groups is 1. The summed E-state index contributed by atoms with van der Waals surface area (Å²) in [6.45, 7) is 4.86. The van der Waals surface area contributed by atoms with Crippen molar-refractivity contribution in [3.05, 3.63) is 35.4 Å². The molecule has 0 unspecified atom stereocenters. The van der Waals surface area contributed by atoms with Crippen LogP contribution in [0.2, 0.25) is 0 Å². The molecule has 134 valence electrons. The summed E-state index contributed by atoms with van der Waals surface area (Å²) in [6.07, 6.45) is 0.908. The average Bonchev–Trinajstić information content (AvgIpc) is 2.81. The van der Waals surface area contributed by atoms with Gasteiger partial charge in [0.2, 0.25) is 0 Å². The fourth-order valence-electron chi connectivity index (χ4n) is 2.75. The second-order valence-corrected chi connectivity index (χ2v) is 6.45. The van der Waals surface area contributed by atoms with Crippen molar-refractivity contribution in [2.75, 3.05) is 0 Å². The Labute approximate surface area is 145 Å². The quantitative estimate of drug-likeness (QED) is 0.574. The number of aliphatic carboxylic acids is 1. The van der Waals surface area contributed by atoms with Gasteiger partial charge in [-0.1, -0.05) is 25.5 Å². The summed E-state index contributed by atoms with van der Waals surface area (Å²) in [5.74, 6) is -2.09. The highest BCUT2D eigenvalue weighted by Crippen LogP contribution is 2.24. The Morgan fingerprint density at radius 2 is 1.84 bits per heavy atom. The number of benzene rings is 1. The molecule has 0 spiro atoms. The largest absolute Gasteiger partial charge is 0.480 e. The third-order valence-corrected chi connectivity index (χ3v) is 4.38. The highest BCUT2D eigenvalue weighted by molar-refractivity contribution is 6.07. The summed E-state index contributed by atoms with van der Waals surface area (Å²) in [5.41, 5.74) is -1.78. The lowest BCUT2D eigenvalue weighted by molar-refractivity contribution is -0.144.